The number of methoxy groups -OCH3 is 1. The molecule has 2 N–H and O–H groups in total. The summed E-state index contributed by atoms with van der Waals surface area (Å²) < 4.78 is 5.13. The molecule has 1 aromatic carbocycles. The third-order valence-corrected chi connectivity index (χ3v) is 3.73. The van der Waals surface area contributed by atoms with E-state index in [9.17, 15) is 9.59 Å². The molecule has 0 bridgehead atoms. The second kappa shape index (κ2) is 5.00. The summed E-state index contributed by atoms with van der Waals surface area (Å²) >= 11 is 0. The number of carbonyl (C=O) groups excluding carboxylic acids is 2. The van der Waals surface area contributed by atoms with E-state index in [2.05, 4.69) is 10.6 Å². The summed E-state index contributed by atoms with van der Waals surface area (Å²) in [5.41, 5.74) is 2.36. The summed E-state index contributed by atoms with van der Waals surface area (Å²) in [6.45, 7) is 0. The maximum atomic E-state index is 12.2. The van der Waals surface area contributed by atoms with E-state index in [4.69, 9.17) is 4.74 Å². The van der Waals surface area contributed by atoms with E-state index in [0.29, 0.717) is 12.0 Å². The van der Waals surface area contributed by atoms with Crippen LogP contribution in [0.15, 0.2) is 35.5 Å². The third kappa shape index (κ3) is 2.15. The minimum absolute atomic E-state index is 0.111. The Balaban J connectivity index is 2.01. The molecule has 2 amide bonds. The van der Waals surface area contributed by atoms with E-state index in [0.717, 1.165) is 29.9 Å². The van der Waals surface area contributed by atoms with E-state index in [1.807, 2.05) is 24.3 Å². The van der Waals surface area contributed by atoms with Gasteiger partial charge in [0.1, 0.15) is 5.75 Å². The zero-order chi connectivity index (χ0) is 14.1. The van der Waals surface area contributed by atoms with Crippen LogP contribution in [0.1, 0.15) is 30.9 Å². The summed E-state index contributed by atoms with van der Waals surface area (Å²) in [5, 5.41) is 5.59. The molecule has 5 nitrogen and oxygen atoms in total. The predicted octanol–water partition coefficient (Wildman–Crippen LogP) is 2.06. The Morgan fingerprint density at radius 1 is 1.15 bits per heavy atom. The Hall–Kier alpha value is -2.30. The van der Waals surface area contributed by atoms with Gasteiger partial charge in [0.05, 0.1) is 13.2 Å². The molecule has 0 fully saturated rings. The first-order chi connectivity index (χ1) is 9.69. The highest BCUT2D eigenvalue weighted by molar-refractivity contribution is 6.00. The van der Waals surface area contributed by atoms with Crippen LogP contribution in [0.25, 0.3) is 0 Å². The van der Waals surface area contributed by atoms with Gasteiger partial charge in [0.2, 0.25) is 0 Å². The third-order valence-electron chi connectivity index (χ3n) is 3.73. The monoisotopic (exact) mass is 272 g/mol. The molecule has 3 rings (SSSR count). The van der Waals surface area contributed by atoms with E-state index in [-0.39, 0.29) is 17.9 Å². The number of nitrogens with one attached hydrogen (secondary N) is 2. The fraction of sp³-hybridized carbons (Fsp3) is 0.333. The highest BCUT2D eigenvalue weighted by Crippen LogP contribution is 2.33. The highest BCUT2D eigenvalue weighted by atomic mass is 16.5. The Morgan fingerprint density at radius 3 is 2.60 bits per heavy atom. The zero-order valence-electron chi connectivity index (χ0n) is 11.2. The first-order valence-corrected chi connectivity index (χ1v) is 6.67. The predicted molar refractivity (Wildman–Crippen MR) is 73.3 cm³/mol. The maximum absolute atomic E-state index is 12.2. The lowest BCUT2D eigenvalue weighted by Gasteiger charge is -2.32. The number of hydrogen-bond acceptors (Lipinski definition) is 3. The smallest absolute Gasteiger partial charge is 0.319 e. The molecule has 0 radical (unpaired) electrons. The maximum Gasteiger partial charge on any atom is 0.319 e. The average Bonchev–Trinajstić information content (AvgIpc) is 2.46. The number of carbonyl (C=O) groups is 2. The van der Waals surface area contributed by atoms with E-state index < -0.39 is 0 Å². The minimum atomic E-state index is -0.363. The molecule has 1 aliphatic carbocycles. The molecule has 1 heterocycles. The normalized spacial score (nSPS) is 21.9. The van der Waals surface area contributed by atoms with Crippen LogP contribution >= 0.6 is 0 Å². The summed E-state index contributed by atoms with van der Waals surface area (Å²) in [5.74, 6) is 0.859. The van der Waals surface area contributed by atoms with Crippen LogP contribution in [0.2, 0.25) is 0 Å². The van der Waals surface area contributed by atoms with Crippen LogP contribution in [0.5, 0.6) is 5.75 Å². The van der Waals surface area contributed by atoms with Crippen molar-refractivity contribution in [3.05, 3.63) is 41.1 Å². The van der Waals surface area contributed by atoms with Crippen molar-refractivity contribution < 1.29 is 14.3 Å². The molecule has 0 unspecified atom stereocenters. The van der Waals surface area contributed by atoms with E-state index in [1.165, 1.54) is 0 Å². The largest absolute Gasteiger partial charge is 0.497 e. The Kier molecular flexibility index (Phi) is 3.18. The number of ketones is 1. The van der Waals surface area contributed by atoms with Gasteiger partial charge in [-0.1, -0.05) is 12.1 Å². The quantitative estimate of drug-likeness (QED) is 0.866. The van der Waals surface area contributed by atoms with Gasteiger partial charge < -0.3 is 15.4 Å². The number of amides is 2. The summed E-state index contributed by atoms with van der Waals surface area (Å²) in [4.78, 5) is 23.9. The van der Waals surface area contributed by atoms with E-state index in [1.54, 1.807) is 7.11 Å². The number of ether oxygens (including phenoxy) is 1. The van der Waals surface area contributed by atoms with Gasteiger partial charge in [-0.15, -0.1) is 0 Å². The van der Waals surface area contributed by atoms with Crippen LogP contribution in [0.3, 0.4) is 0 Å². The number of Topliss-reactive ketones (excluding diaryl/α,β-unsaturated/α-hetero) is 1. The second-order valence-electron chi connectivity index (χ2n) is 4.97. The topological polar surface area (TPSA) is 67.4 Å². The molecule has 2 aliphatic rings. The molecule has 0 saturated carbocycles. The number of rotatable bonds is 2. The van der Waals surface area contributed by atoms with Crippen LogP contribution in [-0.4, -0.2) is 18.9 Å². The van der Waals surface area contributed by atoms with E-state index >= 15 is 0 Å². The molecule has 1 atom stereocenters. The van der Waals surface area contributed by atoms with Gasteiger partial charge in [-0.2, -0.15) is 0 Å². The van der Waals surface area contributed by atoms with Gasteiger partial charge in [-0.25, -0.2) is 4.79 Å². The second-order valence-corrected chi connectivity index (χ2v) is 4.97. The molecule has 20 heavy (non-hydrogen) atoms. The molecule has 0 spiro atoms. The molecule has 0 saturated heterocycles. The fourth-order valence-corrected chi connectivity index (χ4v) is 2.75. The first kappa shape index (κ1) is 12.7. The van der Waals surface area contributed by atoms with Crippen LogP contribution in [0.4, 0.5) is 4.79 Å². The zero-order valence-corrected chi connectivity index (χ0v) is 11.2. The Labute approximate surface area is 117 Å². The van der Waals surface area contributed by atoms with Crippen molar-refractivity contribution in [1.29, 1.82) is 0 Å². The van der Waals surface area contributed by atoms with Gasteiger partial charge in [-0.05, 0) is 30.5 Å². The lowest BCUT2D eigenvalue weighted by molar-refractivity contribution is -0.116. The molecular weight excluding hydrogens is 256 g/mol. The van der Waals surface area contributed by atoms with Gasteiger partial charge in [0.15, 0.2) is 5.78 Å². The number of benzene rings is 1. The number of hydrogen-bond donors (Lipinski definition) is 2. The van der Waals surface area contributed by atoms with Gasteiger partial charge in [-0.3, -0.25) is 4.79 Å². The molecule has 104 valence electrons. The molecule has 1 aliphatic heterocycles. The Morgan fingerprint density at radius 2 is 1.90 bits per heavy atom. The molecule has 5 heteroatoms. The summed E-state index contributed by atoms with van der Waals surface area (Å²) in [6.07, 6.45) is 2.09. The molecule has 0 aromatic heterocycles. The fourth-order valence-electron chi connectivity index (χ4n) is 2.75. The van der Waals surface area contributed by atoms with Gasteiger partial charge >= 0.3 is 6.03 Å². The summed E-state index contributed by atoms with van der Waals surface area (Å²) in [7, 11) is 1.60. The van der Waals surface area contributed by atoms with Gasteiger partial charge in [0, 0.05) is 17.7 Å². The van der Waals surface area contributed by atoms with Crippen molar-refractivity contribution in [2.45, 2.75) is 25.3 Å². The standard InChI is InChI=1S/C15H16N2O3/c1-20-10-7-5-9(6-8-10)14-13-11(16-15(19)17-14)3-2-4-12(13)18/h5-8,14H,2-4H2,1H3,(H2,16,17,19)/t14-/m1/s1. The van der Waals surface area contributed by atoms with Crippen molar-refractivity contribution in [1.82, 2.24) is 10.6 Å². The van der Waals surface area contributed by atoms with Crippen LogP contribution in [0, 0.1) is 0 Å². The first-order valence-electron chi connectivity index (χ1n) is 6.67. The van der Waals surface area contributed by atoms with Crippen molar-refractivity contribution in [2.75, 3.05) is 7.11 Å². The number of urea groups is 1. The van der Waals surface area contributed by atoms with Crippen molar-refractivity contribution in [3.63, 3.8) is 0 Å². The average molecular weight is 272 g/mol. The van der Waals surface area contributed by atoms with Gasteiger partial charge in [0.25, 0.3) is 0 Å². The number of allylic oxidation sites excluding steroid dienone is 1. The molecule has 1 aromatic rings. The van der Waals surface area contributed by atoms with Crippen molar-refractivity contribution in [3.8, 4) is 5.75 Å². The van der Waals surface area contributed by atoms with Crippen molar-refractivity contribution >= 4 is 11.8 Å². The lowest BCUT2D eigenvalue weighted by atomic mass is 9.85. The van der Waals surface area contributed by atoms with Crippen LogP contribution < -0.4 is 15.4 Å². The van der Waals surface area contributed by atoms with Crippen LogP contribution in [-0.2, 0) is 4.79 Å². The highest BCUT2D eigenvalue weighted by Gasteiger charge is 2.34. The SMILES string of the molecule is COc1ccc([C@H]2NC(=O)NC3=C2C(=O)CCC3)cc1. The molecular formula is C15H16N2O3. The Bertz CT molecular complexity index is 590. The van der Waals surface area contributed by atoms with Crippen molar-refractivity contribution in [2.24, 2.45) is 0 Å². The lowest BCUT2D eigenvalue weighted by Crippen LogP contribution is -2.46. The summed E-state index contributed by atoms with van der Waals surface area (Å²) in [6, 6.07) is 6.80. The minimum Gasteiger partial charge on any atom is -0.497 e.